The molecule has 0 spiro atoms. The van der Waals surface area contributed by atoms with Crippen LogP contribution in [0.1, 0.15) is 54.0 Å². The lowest BCUT2D eigenvalue weighted by molar-refractivity contribution is -0.896. The van der Waals surface area contributed by atoms with Gasteiger partial charge in [0.05, 0.1) is 33.2 Å². The van der Waals surface area contributed by atoms with Crippen LogP contribution in [0.5, 0.6) is 0 Å². The number of nitrogens with two attached hydrogens (primary N) is 2. The van der Waals surface area contributed by atoms with E-state index in [-0.39, 0.29) is 23.8 Å². The number of aromatic nitrogens is 3. The fraction of sp³-hybridized carbons (Fsp3) is 0.600. The van der Waals surface area contributed by atoms with Crippen molar-refractivity contribution in [3.05, 3.63) is 45.0 Å². The van der Waals surface area contributed by atoms with Gasteiger partial charge in [-0.05, 0) is 50.9 Å². The van der Waals surface area contributed by atoms with Gasteiger partial charge >= 0.3 is 0 Å². The van der Waals surface area contributed by atoms with Gasteiger partial charge in [-0.25, -0.2) is 4.98 Å². The Morgan fingerprint density at radius 3 is 2.65 bits per heavy atom. The van der Waals surface area contributed by atoms with Crippen molar-refractivity contribution in [1.82, 2.24) is 19.9 Å². The molecule has 0 radical (unpaired) electrons. The zero-order valence-electron chi connectivity index (χ0n) is 21.8. The summed E-state index contributed by atoms with van der Waals surface area (Å²) in [4.78, 5) is 51.0. The number of amides is 1. The minimum atomic E-state index is -0.788. The molecule has 202 valence electrons. The lowest BCUT2D eigenvalue weighted by Gasteiger charge is -2.37. The van der Waals surface area contributed by atoms with Gasteiger partial charge in [0.25, 0.3) is 5.56 Å². The summed E-state index contributed by atoms with van der Waals surface area (Å²) in [5, 5.41) is 4.79. The zero-order valence-corrected chi connectivity index (χ0v) is 22.6. The second kappa shape index (κ2) is 13.4. The summed E-state index contributed by atoms with van der Waals surface area (Å²) < 4.78 is 2.43. The normalized spacial score (nSPS) is 16.2. The maximum Gasteiger partial charge on any atom is 0.272 e. The summed E-state index contributed by atoms with van der Waals surface area (Å²) >= 11 is 1.21. The highest BCUT2D eigenvalue weighted by Gasteiger charge is 2.26. The molecule has 0 aromatic carbocycles. The predicted molar refractivity (Wildman–Crippen MR) is 144 cm³/mol. The number of hydrogen-bond acceptors (Lipinski definition) is 7. The summed E-state index contributed by atoms with van der Waals surface area (Å²) in [5.74, 6) is -0.0385. The van der Waals surface area contributed by atoms with Gasteiger partial charge in [-0.1, -0.05) is 0 Å². The number of aliphatic imine (C=N–C) groups is 1. The highest BCUT2D eigenvalue weighted by molar-refractivity contribution is 7.11. The number of likely N-dealkylation sites (tertiary alicyclic amines) is 1. The van der Waals surface area contributed by atoms with Gasteiger partial charge in [0, 0.05) is 30.5 Å². The Morgan fingerprint density at radius 2 is 1.97 bits per heavy atom. The molecule has 11 nitrogen and oxygen atoms in total. The first-order chi connectivity index (χ1) is 17.6. The number of guanidine groups is 1. The van der Waals surface area contributed by atoms with Gasteiger partial charge in [-0.3, -0.25) is 24.4 Å². The zero-order chi connectivity index (χ0) is 26.8. The Hall–Kier alpha value is -3.12. The number of aryl methyl sites for hydroxylation is 1. The summed E-state index contributed by atoms with van der Waals surface area (Å²) in [5.41, 5.74) is 10.9. The van der Waals surface area contributed by atoms with Crippen LogP contribution in [0.3, 0.4) is 0 Å². The molecule has 1 fully saturated rings. The van der Waals surface area contributed by atoms with Crippen LogP contribution in [0.15, 0.2) is 33.8 Å². The summed E-state index contributed by atoms with van der Waals surface area (Å²) in [6.07, 6.45) is 10.4. The third-order valence-electron chi connectivity index (χ3n) is 6.85. The number of piperidine rings is 1. The van der Waals surface area contributed by atoms with Crippen LogP contribution in [-0.2, 0) is 17.8 Å². The van der Waals surface area contributed by atoms with Crippen molar-refractivity contribution in [3.63, 3.8) is 0 Å². The monoisotopic (exact) mass is 531 g/mol. The highest BCUT2D eigenvalue weighted by atomic mass is 32.1. The molecule has 1 amide bonds. The van der Waals surface area contributed by atoms with Crippen LogP contribution in [0.4, 0.5) is 0 Å². The predicted octanol–water partition coefficient (Wildman–Crippen LogP) is 0.930. The molecule has 1 aliphatic rings. The van der Waals surface area contributed by atoms with Gasteiger partial charge in [-0.15, -0.1) is 11.3 Å². The van der Waals surface area contributed by atoms with Crippen molar-refractivity contribution < 1.29 is 14.1 Å². The number of carbonyl (C=O) groups is 2. The second-order valence-corrected chi connectivity index (χ2v) is 11.2. The molecule has 0 unspecified atom stereocenters. The standard InChI is InChI=1S/C25H38N8O3S/c1-33(2)14-8-18(9-15-33)5-3-6-20-24(36)32(13-11-28-20)17-21(34)31-19(7-4-10-30-25(26)27)22(35)23-29-12-16-37-23/h11-13,16,18-19H,3-10,14-15,17H2,1-2H3,(H4-,26,27,30,31,34)/p+1/t19-/m0/s1. The van der Waals surface area contributed by atoms with Crippen molar-refractivity contribution in [3.8, 4) is 0 Å². The molecule has 12 heteroatoms. The molecule has 3 rings (SSSR count). The Morgan fingerprint density at radius 1 is 1.22 bits per heavy atom. The van der Waals surface area contributed by atoms with Gasteiger partial charge in [-0.2, -0.15) is 0 Å². The second-order valence-electron chi connectivity index (χ2n) is 10.3. The van der Waals surface area contributed by atoms with E-state index >= 15 is 0 Å². The van der Waals surface area contributed by atoms with Crippen molar-refractivity contribution in [2.75, 3.05) is 33.7 Å². The van der Waals surface area contributed by atoms with E-state index in [4.69, 9.17) is 11.5 Å². The number of carbonyl (C=O) groups excluding carboxylic acids is 2. The Bertz CT molecular complexity index is 1120. The van der Waals surface area contributed by atoms with E-state index in [1.165, 1.54) is 48.0 Å². The summed E-state index contributed by atoms with van der Waals surface area (Å²) in [6, 6.07) is -0.788. The van der Waals surface area contributed by atoms with Crippen LogP contribution in [0, 0.1) is 5.92 Å². The van der Waals surface area contributed by atoms with Gasteiger partial charge < -0.3 is 25.8 Å². The number of ketones is 1. The smallest absolute Gasteiger partial charge is 0.272 e. The van der Waals surface area contributed by atoms with Crippen LogP contribution >= 0.6 is 11.3 Å². The van der Waals surface area contributed by atoms with E-state index in [0.29, 0.717) is 42.4 Å². The first-order valence-corrected chi connectivity index (χ1v) is 13.7. The molecular weight excluding hydrogens is 492 g/mol. The van der Waals surface area contributed by atoms with E-state index in [2.05, 4.69) is 34.4 Å². The summed E-state index contributed by atoms with van der Waals surface area (Å²) in [7, 11) is 4.54. The summed E-state index contributed by atoms with van der Waals surface area (Å²) in [6.45, 7) is 2.53. The number of hydrogen-bond donors (Lipinski definition) is 3. The highest BCUT2D eigenvalue weighted by Crippen LogP contribution is 2.24. The van der Waals surface area contributed by atoms with E-state index in [0.717, 1.165) is 17.3 Å². The van der Waals surface area contributed by atoms with Crippen LogP contribution in [0.2, 0.25) is 0 Å². The van der Waals surface area contributed by atoms with Crippen LogP contribution in [-0.4, -0.2) is 76.4 Å². The van der Waals surface area contributed by atoms with Gasteiger partial charge in [0.2, 0.25) is 11.7 Å². The fourth-order valence-electron chi connectivity index (χ4n) is 4.62. The first-order valence-electron chi connectivity index (χ1n) is 12.8. The maximum atomic E-state index is 13.0. The molecule has 0 bridgehead atoms. The number of rotatable bonds is 13. The number of quaternary nitrogens is 1. The van der Waals surface area contributed by atoms with Crippen LogP contribution in [0.25, 0.3) is 0 Å². The van der Waals surface area contributed by atoms with Gasteiger partial charge in [0.1, 0.15) is 12.2 Å². The molecule has 2 aromatic rings. The number of thiazole rings is 1. The molecule has 0 saturated carbocycles. The molecule has 1 atom stereocenters. The van der Waals surface area contributed by atoms with Crippen LogP contribution < -0.4 is 22.3 Å². The molecule has 1 aliphatic heterocycles. The van der Waals surface area contributed by atoms with Crippen molar-refractivity contribution in [1.29, 1.82) is 0 Å². The SMILES string of the molecule is C[N+]1(C)CCC(CCCc2nccn(CC(=O)N[C@@H](CCCN=C(N)N)C(=O)c3nccs3)c2=O)CC1. The minimum absolute atomic E-state index is 0.0263. The lowest BCUT2D eigenvalue weighted by atomic mass is 9.90. The number of nitrogens with one attached hydrogen (secondary N) is 1. The third-order valence-corrected chi connectivity index (χ3v) is 7.64. The van der Waals surface area contributed by atoms with Crippen molar-refractivity contribution in [2.24, 2.45) is 22.4 Å². The average Bonchev–Trinajstić information content (AvgIpc) is 3.39. The van der Waals surface area contributed by atoms with E-state index in [1.807, 2.05) is 0 Å². The Labute approximate surface area is 221 Å². The quantitative estimate of drug-likeness (QED) is 0.114. The number of nitrogens with zero attached hydrogens (tertiary/aromatic N) is 5. The first kappa shape index (κ1) is 28.5. The molecular formula is C25H39N8O3S+. The molecule has 37 heavy (non-hydrogen) atoms. The lowest BCUT2D eigenvalue weighted by Crippen LogP contribution is -2.46. The molecule has 2 aromatic heterocycles. The molecule has 3 heterocycles. The maximum absolute atomic E-state index is 13.0. The van der Waals surface area contributed by atoms with E-state index in [9.17, 15) is 14.4 Å². The van der Waals surface area contributed by atoms with E-state index in [1.54, 1.807) is 17.8 Å². The fourth-order valence-corrected chi connectivity index (χ4v) is 5.25. The molecule has 0 aliphatic carbocycles. The molecule has 5 N–H and O–H groups in total. The Balaban J connectivity index is 1.56. The van der Waals surface area contributed by atoms with Crippen molar-refractivity contribution >= 4 is 29.0 Å². The third kappa shape index (κ3) is 9.04. The average molecular weight is 532 g/mol. The molecule has 1 saturated heterocycles. The largest absolute Gasteiger partial charge is 0.370 e. The van der Waals surface area contributed by atoms with Crippen molar-refractivity contribution in [2.45, 2.75) is 57.5 Å². The van der Waals surface area contributed by atoms with Gasteiger partial charge in [0.15, 0.2) is 11.0 Å². The Kier molecular flexibility index (Phi) is 10.3. The topological polar surface area (TPSA) is 158 Å². The van der Waals surface area contributed by atoms with E-state index < -0.39 is 11.9 Å². The minimum Gasteiger partial charge on any atom is -0.370 e. The number of Topliss-reactive ketones (excluding diaryl/α,β-unsaturated/α-hetero) is 1.